The Morgan fingerprint density at radius 2 is 1.25 bits per heavy atom. The molecule has 0 aromatic rings. The molecule has 0 aromatic heterocycles. The van der Waals surface area contributed by atoms with Crippen molar-refractivity contribution in [3.05, 3.63) is 0 Å². The van der Waals surface area contributed by atoms with Crippen molar-refractivity contribution in [2.24, 2.45) is 0 Å². The molecule has 20 heavy (non-hydrogen) atoms. The van der Waals surface area contributed by atoms with Crippen LogP contribution in [0.15, 0.2) is 0 Å². The van der Waals surface area contributed by atoms with Crippen LogP contribution in [0.1, 0.15) is 84.5 Å². The SMILES string of the molecule is CCCCCCCCCCCCON(CCC)CCO. The minimum Gasteiger partial charge on any atom is -0.395 e. The molecule has 0 amide bonds. The first-order valence-electron chi connectivity index (χ1n) is 8.83. The van der Waals surface area contributed by atoms with Crippen molar-refractivity contribution in [3.8, 4) is 0 Å². The van der Waals surface area contributed by atoms with Crippen LogP contribution in [0.25, 0.3) is 0 Å². The normalized spacial score (nSPS) is 11.4. The maximum absolute atomic E-state index is 8.92. The van der Waals surface area contributed by atoms with Gasteiger partial charge in [0.2, 0.25) is 0 Å². The van der Waals surface area contributed by atoms with Crippen molar-refractivity contribution >= 4 is 0 Å². The van der Waals surface area contributed by atoms with Gasteiger partial charge in [-0.3, -0.25) is 4.84 Å². The summed E-state index contributed by atoms with van der Waals surface area (Å²) in [7, 11) is 0. The van der Waals surface area contributed by atoms with Crippen molar-refractivity contribution < 1.29 is 9.94 Å². The average molecular weight is 287 g/mol. The summed E-state index contributed by atoms with van der Waals surface area (Å²) in [6.07, 6.45) is 14.6. The molecule has 0 radical (unpaired) electrons. The standard InChI is InChI=1S/C17H37NO2/c1-3-5-6-7-8-9-10-11-12-13-17-20-18(14-4-2)15-16-19/h19H,3-17H2,1-2H3. The summed E-state index contributed by atoms with van der Waals surface area (Å²) < 4.78 is 0. The number of hydrogen-bond acceptors (Lipinski definition) is 3. The van der Waals surface area contributed by atoms with Gasteiger partial charge in [-0.25, -0.2) is 0 Å². The lowest BCUT2D eigenvalue weighted by Crippen LogP contribution is -2.28. The van der Waals surface area contributed by atoms with Crippen molar-refractivity contribution in [2.45, 2.75) is 84.5 Å². The van der Waals surface area contributed by atoms with Crippen molar-refractivity contribution in [1.82, 2.24) is 5.06 Å². The van der Waals surface area contributed by atoms with Gasteiger partial charge in [-0.05, 0) is 12.8 Å². The van der Waals surface area contributed by atoms with Gasteiger partial charge in [-0.1, -0.05) is 71.6 Å². The zero-order valence-electron chi connectivity index (χ0n) is 13.9. The highest BCUT2D eigenvalue weighted by atomic mass is 16.7. The molecule has 0 aromatic carbocycles. The number of unbranched alkanes of at least 4 members (excludes halogenated alkanes) is 9. The quantitative estimate of drug-likeness (QED) is 0.334. The van der Waals surface area contributed by atoms with Gasteiger partial charge in [0.1, 0.15) is 0 Å². The third kappa shape index (κ3) is 14.3. The van der Waals surface area contributed by atoms with Crippen LogP contribution in [-0.2, 0) is 4.84 Å². The molecule has 0 rings (SSSR count). The molecule has 0 aliphatic carbocycles. The molecule has 0 heterocycles. The third-order valence-electron chi connectivity index (χ3n) is 3.59. The van der Waals surface area contributed by atoms with Crippen LogP contribution in [0.3, 0.4) is 0 Å². The zero-order valence-corrected chi connectivity index (χ0v) is 13.9. The van der Waals surface area contributed by atoms with Gasteiger partial charge in [0.05, 0.1) is 13.2 Å². The minimum absolute atomic E-state index is 0.179. The van der Waals surface area contributed by atoms with Crippen LogP contribution in [0.5, 0.6) is 0 Å². The van der Waals surface area contributed by atoms with Crippen LogP contribution >= 0.6 is 0 Å². The second kappa shape index (κ2) is 16.9. The molecule has 0 spiro atoms. The smallest absolute Gasteiger partial charge is 0.0685 e. The highest BCUT2D eigenvalue weighted by Gasteiger charge is 2.02. The molecular weight excluding hydrogens is 250 g/mol. The fraction of sp³-hybridized carbons (Fsp3) is 1.00. The first-order chi connectivity index (χ1) is 9.85. The van der Waals surface area contributed by atoms with E-state index in [1.54, 1.807) is 0 Å². The van der Waals surface area contributed by atoms with Crippen molar-refractivity contribution in [3.63, 3.8) is 0 Å². The van der Waals surface area contributed by atoms with E-state index in [1.165, 1.54) is 57.8 Å². The fourth-order valence-corrected chi connectivity index (χ4v) is 2.38. The minimum atomic E-state index is 0.179. The summed E-state index contributed by atoms with van der Waals surface area (Å²) in [5.74, 6) is 0. The first-order valence-corrected chi connectivity index (χ1v) is 8.83. The monoisotopic (exact) mass is 287 g/mol. The van der Waals surface area contributed by atoms with E-state index in [2.05, 4.69) is 13.8 Å². The van der Waals surface area contributed by atoms with Gasteiger partial charge < -0.3 is 5.11 Å². The molecule has 0 unspecified atom stereocenters. The molecule has 0 aliphatic heterocycles. The highest BCUT2D eigenvalue weighted by molar-refractivity contribution is 4.48. The first kappa shape index (κ1) is 19.9. The number of nitrogens with zero attached hydrogens (tertiary/aromatic N) is 1. The largest absolute Gasteiger partial charge is 0.395 e. The molecule has 1 N–H and O–H groups in total. The maximum Gasteiger partial charge on any atom is 0.0685 e. The average Bonchev–Trinajstić information content (AvgIpc) is 2.45. The van der Waals surface area contributed by atoms with Crippen LogP contribution in [0.4, 0.5) is 0 Å². The van der Waals surface area contributed by atoms with Gasteiger partial charge in [0.15, 0.2) is 0 Å². The number of hydrogen-bond donors (Lipinski definition) is 1. The summed E-state index contributed by atoms with van der Waals surface area (Å²) in [4.78, 5) is 5.67. The highest BCUT2D eigenvalue weighted by Crippen LogP contribution is 2.10. The molecule has 0 aliphatic rings. The molecule has 0 atom stereocenters. The van der Waals surface area contributed by atoms with E-state index >= 15 is 0 Å². The summed E-state index contributed by atoms with van der Waals surface area (Å²) in [5, 5.41) is 10.8. The lowest BCUT2D eigenvalue weighted by atomic mass is 10.1. The van der Waals surface area contributed by atoms with Gasteiger partial charge in [-0.2, -0.15) is 5.06 Å². The summed E-state index contributed by atoms with van der Waals surface area (Å²) >= 11 is 0. The Hall–Kier alpha value is -0.120. The molecule has 0 fully saturated rings. The summed E-state index contributed by atoms with van der Waals surface area (Å²) in [6.45, 7) is 6.93. The molecule has 122 valence electrons. The van der Waals surface area contributed by atoms with Crippen LogP contribution in [-0.4, -0.2) is 36.5 Å². The van der Waals surface area contributed by atoms with E-state index in [1.807, 2.05) is 5.06 Å². The molecule has 3 heteroatoms. The Kier molecular flexibility index (Phi) is 16.8. The Balaban J connectivity index is 3.18. The Morgan fingerprint density at radius 3 is 1.75 bits per heavy atom. The van der Waals surface area contributed by atoms with Gasteiger partial charge >= 0.3 is 0 Å². The van der Waals surface area contributed by atoms with Gasteiger partial charge in [-0.15, -0.1) is 0 Å². The van der Waals surface area contributed by atoms with E-state index in [0.717, 1.165) is 26.0 Å². The Bertz CT molecular complexity index is 170. The molecule has 3 nitrogen and oxygen atoms in total. The van der Waals surface area contributed by atoms with E-state index in [-0.39, 0.29) is 6.61 Å². The maximum atomic E-state index is 8.92. The lowest BCUT2D eigenvalue weighted by Gasteiger charge is -2.19. The molecule has 0 saturated carbocycles. The zero-order chi connectivity index (χ0) is 14.9. The van der Waals surface area contributed by atoms with E-state index in [9.17, 15) is 0 Å². The molecule has 0 saturated heterocycles. The second-order valence-electron chi connectivity index (χ2n) is 5.67. The predicted octanol–water partition coefficient (Wildman–Crippen LogP) is 4.54. The van der Waals surface area contributed by atoms with E-state index in [0.29, 0.717) is 6.54 Å². The van der Waals surface area contributed by atoms with E-state index < -0.39 is 0 Å². The number of hydroxylamine groups is 2. The summed E-state index contributed by atoms with van der Waals surface area (Å²) in [6, 6.07) is 0. The topological polar surface area (TPSA) is 32.7 Å². The van der Waals surface area contributed by atoms with E-state index in [4.69, 9.17) is 9.94 Å². The number of aliphatic hydroxyl groups is 1. The summed E-state index contributed by atoms with van der Waals surface area (Å²) in [5.41, 5.74) is 0. The van der Waals surface area contributed by atoms with Gasteiger partial charge in [0.25, 0.3) is 0 Å². The lowest BCUT2D eigenvalue weighted by molar-refractivity contribution is -0.164. The Morgan fingerprint density at radius 1 is 0.700 bits per heavy atom. The van der Waals surface area contributed by atoms with Crippen molar-refractivity contribution in [1.29, 1.82) is 0 Å². The Labute approximate surface area is 126 Å². The molecule has 0 bridgehead atoms. The third-order valence-corrected chi connectivity index (χ3v) is 3.59. The van der Waals surface area contributed by atoms with Crippen LogP contribution < -0.4 is 0 Å². The number of rotatable bonds is 16. The van der Waals surface area contributed by atoms with Crippen molar-refractivity contribution in [2.75, 3.05) is 26.3 Å². The predicted molar refractivity (Wildman–Crippen MR) is 86.7 cm³/mol. The van der Waals surface area contributed by atoms with Gasteiger partial charge in [0, 0.05) is 13.1 Å². The fourth-order valence-electron chi connectivity index (χ4n) is 2.38. The molecular formula is C17H37NO2. The van der Waals surface area contributed by atoms with Crippen LogP contribution in [0.2, 0.25) is 0 Å². The second-order valence-corrected chi connectivity index (χ2v) is 5.67. The number of aliphatic hydroxyl groups excluding tert-OH is 1. The van der Waals surface area contributed by atoms with Crippen LogP contribution in [0, 0.1) is 0 Å².